The van der Waals surface area contributed by atoms with Crippen molar-refractivity contribution in [1.82, 2.24) is 0 Å². The van der Waals surface area contributed by atoms with Crippen molar-refractivity contribution in [1.29, 1.82) is 0 Å². The van der Waals surface area contributed by atoms with Gasteiger partial charge in [-0.05, 0) is 12.1 Å². The average molecular weight is 246 g/mol. The summed E-state index contributed by atoms with van der Waals surface area (Å²) in [7, 11) is -4.11. The van der Waals surface area contributed by atoms with E-state index >= 15 is 0 Å². The number of nitrogens with two attached hydrogens (primary N) is 1. The lowest BCUT2D eigenvalue weighted by Crippen LogP contribution is -2.13. The van der Waals surface area contributed by atoms with Crippen LogP contribution < -0.4 is 19.4 Å². The molecule has 1 aromatic carbocycles. The zero-order valence-corrected chi connectivity index (χ0v) is 8.95. The van der Waals surface area contributed by atoms with Crippen molar-refractivity contribution in [2.24, 2.45) is 5.73 Å². The van der Waals surface area contributed by atoms with Gasteiger partial charge in [0.2, 0.25) is 11.5 Å². The monoisotopic (exact) mass is 246 g/mol. The summed E-state index contributed by atoms with van der Waals surface area (Å²) >= 11 is 0. The number of anilines is 1. The van der Waals surface area contributed by atoms with Crippen molar-refractivity contribution >= 4 is 16.1 Å². The standard InChI is InChI=1S/C8H10N2O5S/c9-3-4-10-5-1-2-6(11)8-7(5)14-16(12,13)15-8/h1-2,10-11H,3-4,9H2. The first-order valence-corrected chi connectivity index (χ1v) is 5.80. The number of hydrogen-bond donors (Lipinski definition) is 3. The summed E-state index contributed by atoms with van der Waals surface area (Å²) in [4.78, 5) is 0. The van der Waals surface area contributed by atoms with E-state index in [1.165, 1.54) is 12.1 Å². The number of phenols is 1. The molecule has 0 amide bonds. The third-order valence-corrected chi connectivity index (χ3v) is 2.66. The molecular weight excluding hydrogens is 236 g/mol. The summed E-state index contributed by atoms with van der Waals surface area (Å²) in [6, 6.07) is 2.79. The first kappa shape index (κ1) is 10.8. The third kappa shape index (κ3) is 1.84. The highest BCUT2D eigenvalue weighted by Gasteiger charge is 2.33. The maximum atomic E-state index is 11.1. The molecule has 16 heavy (non-hydrogen) atoms. The van der Waals surface area contributed by atoms with Crippen LogP contribution in [0.3, 0.4) is 0 Å². The molecule has 0 aromatic heterocycles. The lowest BCUT2D eigenvalue weighted by molar-refractivity contribution is 0.419. The highest BCUT2D eigenvalue weighted by atomic mass is 32.3. The van der Waals surface area contributed by atoms with Crippen molar-refractivity contribution in [3.05, 3.63) is 12.1 Å². The molecule has 7 nitrogen and oxygen atoms in total. The molecule has 0 saturated heterocycles. The second kappa shape index (κ2) is 3.72. The zero-order chi connectivity index (χ0) is 11.8. The molecule has 4 N–H and O–H groups in total. The molecule has 1 aromatic rings. The van der Waals surface area contributed by atoms with Gasteiger partial charge in [0, 0.05) is 13.1 Å². The molecule has 0 spiro atoms. The van der Waals surface area contributed by atoms with E-state index in [0.29, 0.717) is 18.8 Å². The van der Waals surface area contributed by atoms with E-state index in [2.05, 4.69) is 13.7 Å². The summed E-state index contributed by atoms with van der Waals surface area (Å²) in [6.07, 6.45) is 0. The van der Waals surface area contributed by atoms with Crippen LogP contribution in [0.25, 0.3) is 0 Å². The van der Waals surface area contributed by atoms with Crippen LogP contribution in [0.15, 0.2) is 12.1 Å². The number of rotatable bonds is 3. The number of benzene rings is 1. The van der Waals surface area contributed by atoms with E-state index in [0.717, 1.165) is 0 Å². The molecule has 0 atom stereocenters. The van der Waals surface area contributed by atoms with E-state index in [1.807, 2.05) is 0 Å². The molecule has 1 heterocycles. The number of hydrogen-bond acceptors (Lipinski definition) is 7. The van der Waals surface area contributed by atoms with E-state index < -0.39 is 10.4 Å². The van der Waals surface area contributed by atoms with Gasteiger partial charge >= 0.3 is 10.4 Å². The Labute approximate surface area is 92.1 Å². The van der Waals surface area contributed by atoms with Crippen molar-refractivity contribution in [2.45, 2.75) is 0 Å². The highest BCUT2D eigenvalue weighted by molar-refractivity contribution is 7.82. The quantitative estimate of drug-likeness (QED) is 0.632. The molecule has 0 unspecified atom stereocenters. The van der Waals surface area contributed by atoms with Gasteiger partial charge in [0.1, 0.15) is 0 Å². The maximum Gasteiger partial charge on any atom is 0.501 e. The summed E-state index contributed by atoms with van der Waals surface area (Å²) < 4.78 is 31.2. The van der Waals surface area contributed by atoms with Crippen LogP contribution in [0.4, 0.5) is 5.69 Å². The molecule has 0 fully saturated rings. The van der Waals surface area contributed by atoms with Crippen LogP contribution >= 0.6 is 0 Å². The van der Waals surface area contributed by atoms with E-state index in [9.17, 15) is 13.5 Å². The lowest BCUT2D eigenvalue weighted by Gasteiger charge is -2.07. The summed E-state index contributed by atoms with van der Waals surface area (Å²) in [6.45, 7) is 0.823. The van der Waals surface area contributed by atoms with Crippen LogP contribution in [0.1, 0.15) is 0 Å². The Balaban J connectivity index is 2.42. The lowest BCUT2D eigenvalue weighted by atomic mass is 10.2. The Hall–Kier alpha value is -1.67. The Morgan fingerprint density at radius 1 is 1.31 bits per heavy atom. The Bertz CT molecular complexity index is 513. The molecule has 88 valence electrons. The molecule has 8 heteroatoms. The van der Waals surface area contributed by atoms with E-state index in [1.54, 1.807) is 0 Å². The first-order valence-electron chi connectivity index (χ1n) is 4.47. The van der Waals surface area contributed by atoms with Crippen molar-refractivity contribution in [2.75, 3.05) is 18.4 Å². The minimum absolute atomic E-state index is 0.0477. The van der Waals surface area contributed by atoms with Gasteiger partial charge in [-0.15, -0.1) is 8.42 Å². The molecule has 0 bridgehead atoms. The van der Waals surface area contributed by atoms with E-state index in [-0.39, 0.29) is 17.2 Å². The smallest absolute Gasteiger partial charge is 0.501 e. The molecule has 1 aliphatic heterocycles. The fourth-order valence-electron chi connectivity index (χ4n) is 1.28. The van der Waals surface area contributed by atoms with Gasteiger partial charge in [-0.25, -0.2) is 0 Å². The SMILES string of the molecule is NCCNc1ccc(O)c2c1OS(=O)(=O)O2. The van der Waals surface area contributed by atoms with Crippen molar-refractivity contribution in [3.63, 3.8) is 0 Å². The summed E-state index contributed by atoms with van der Waals surface area (Å²) in [5.74, 6) is -0.551. The predicted octanol–water partition coefficient (Wildman–Crippen LogP) is -0.221. The van der Waals surface area contributed by atoms with Crippen molar-refractivity contribution < 1.29 is 21.9 Å². The Kier molecular flexibility index (Phi) is 2.52. The molecular formula is C8H10N2O5S. The minimum atomic E-state index is -4.11. The van der Waals surface area contributed by atoms with E-state index in [4.69, 9.17) is 5.73 Å². The van der Waals surface area contributed by atoms with Gasteiger partial charge in [-0.1, -0.05) is 0 Å². The largest absolute Gasteiger partial charge is 0.504 e. The zero-order valence-electron chi connectivity index (χ0n) is 8.13. The number of aromatic hydroxyl groups is 1. The Morgan fingerprint density at radius 2 is 2.00 bits per heavy atom. The maximum absolute atomic E-state index is 11.1. The van der Waals surface area contributed by atoms with Crippen LogP contribution in [-0.4, -0.2) is 26.6 Å². The predicted molar refractivity (Wildman–Crippen MR) is 55.8 cm³/mol. The third-order valence-electron chi connectivity index (χ3n) is 1.92. The number of phenolic OH excluding ortho intramolecular Hbond substituents is 1. The normalized spacial score (nSPS) is 16.1. The second-order valence-electron chi connectivity index (χ2n) is 3.08. The minimum Gasteiger partial charge on any atom is -0.504 e. The van der Waals surface area contributed by atoms with Crippen LogP contribution in [0.5, 0.6) is 17.2 Å². The van der Waals surface area contributed by atoms with Gasteiger partial charge in [-0.2, -0.15) is 0 Å². The van der Waals surface area contributed by atoms with Crippen LogP contribution in [0, 0.1) is 0 Å². The van der Waals surface area contributed by atoms with Gasteiger partial charge in [0.05, 0.1) is 5.69 Å². The van der Waals surface area contributed by atoms with Gasteiger partial charge in [0.15, 0.2) is 5.75 Å². The first-order chi connectivity index (χ1) is 7.53. The topological polar surface area (TPSA) is 111 Å². The van der Waals surface area contributed by atoms with Gasteiger partial charge in [-0.3, -0.25) is 0 Å². The molecule has 0 aliphatic carbocycles. The molecule has 0 saturated carbocycles. The van der Waals surface area contributed by atoms with Crippen LogP contribution in [0.2, 0.25) is 0 Å². The van der Waals surface area contributed by atoms with Crippen LogP contribution in [-0.2, 0) is 10.4 Å². The Morgan fingerprint density at radius 3 is 2.69 bits per heavy atom. The number of fused-ring (bicyclic) bond motifs is 1. The van der Waals surface area contributed by atoms with Gasteiger partial charge in [0.25, 0.3) is 0 Å². The van der Waals surface area contributed by atoms with Gasteiger partial charge < -0.3 is 24.5 Å². The molecule has 1 aliphatic rings. The second-order valence-corrected chi connectivity index (χ2v) is 4.23. The average Bonchev–Trinajstić information content (AvgIpc) is 2.54. The summed E-state index contributed by atoms with van der Waals surface area (Å²) in [5.41, 5.74) is 5.70. The fourth-order valence-corrected chi connectivity index (χ4v) is 2.05. The molecule has 2 rings (SSSR count). The highest BCUT2D eigenvalue weighted by Crippen LogP contribution is 2.47. The summed E-state index contributed by atoms with van der Waals surface area (Å²) in [5, 5.41) is 12.2. The molecule has 0 radical (unpaired) electrons. The van der Waals surface area contributed by atoms with Crippen molar-refractivity contribution in [3.8, 4) is 17.2 Å². The number of nitrogens with one attached hydrogen (secondary N) is 1. The fraction of sp³-hybridized carbons (Fsp3) is 0.250.